The SMILES string of the molecule is CCOC(=O)CN(C(=O)[C@H](CC(=O)O)NC(=O)OCc1ccccc1)C1CC1. The Morgan fingerprint density at radius 3 is 2.43 bits per heavy atom. The Morgan fingerprint density at radius 2 is 1.86 bits per heavy atom. The first kappa shape index (κ1) is 21.2. The highest BCUT2D eigenvalue weighted by atomic mass is 16.5. The van der Waals surface area contributed by atoms with Crippen molar-refractivity contribution in [1.82, 2.24) is 10.2 Å². The molecule has 9 nitrogen and oxygen atoms in total. The molecule has 1 atom stereocenters. The molecule has 2 N–H and O–H groups in total. The largest absolute Gasteiger partial charge is 0.481 e. The van der Waals surface area contributed by atoms with Crippen molar-refractivity contribution in [3.63, 3.8) is 0 Å². The Kier molecular flexibility index (Phi) is 7.79. The topological polar surface area (TPSA) is 122 Å². The number of rotatable bonds is 10. The molecule has 0 saturated heterocycles. The fourth-order valence-electron chi connectivity index (χ4n) is 2.60. The third-order valence-electron chi connectivity index (χ3n) is 4.06. The van der Waals surface area contributed by atoms with Gasteiger partial charge in [-0.3, -0.25) is 14.4 Å². The number of esters is 1. The summed E-state index contributed by atoms with van der Waals surface area (Å²) in [7, 11) is 0. The maximum atomic E-state index is 12.8. The molecular weight excluding hydrogens is 368 g/mol. The predicted octanol–water partition coefficient (Wildman–Crippen LogP) is 1.31. The zero-order valence-corrected chi connectivity index (χ0v) is 15.6. The van der Waals surface area contributed by atoms with Gasteiger partial charge in [0.05, 0.1) is 13.0 Å². The minimum absolute atomic E-state index is 0.0180. The van der Waals surface area contributed by atoms with Crippen LogP contribution in [-0.4, -0.2) is 59.2 Å². The fourth-order valence-corrected chi connectivity index (χ4v) is 2.60. The first-order valence-electron chi connectivity index (χ1n) is 9.05. The third kappa shape index (κ3) is 6.90. The molecule has 0 aliphatic heterocycles. The summed E-state index contributed by atoms with van der Waals surface area (Å²) >= 11 is 0. The van der Waals surface area contributed by atoms with E-state index >= 15 is 0 Å². The van der Waals surface area contributed by atoms with Crippen LogP contribution in [0.4, 0.5) is 4.79 Å². The molecule has 0 radical (unpaired) electrons. The van der Waals surface area contributed by atoms with E-state index in [1.165, 1.54) is 4.90 Å². The van der Waals surface area contributed by atoms with E-state index in [1.807, 2.05) is 6.07 Å². The van der Waals surface area contributed by atoms with Crippen LogP contribution in [-0.2, 0) is 30.5 Å². The predicted molar refractivity (Wildman–Crippen MR) is 97.2 cm³/mol. The molecule has 0 unspecified atom stereocenters. The summed E-state index contributed by atoms with van der Waals surface area (Å²) in [6, 6.07) is 7.43. The summed E-state index contributed by atoms with van der Waals surface area (Å²) in [5.41, 5.74) is 0.751. The standard InChI is InChI=1S/C19H24N2O7/c1-2-27-17(24)11-21(14-8-9-14)18(25)15(10-16(22)23)20-19(26)28-12-13-6-4-3-5-7-13/h3-7,14-15H,2,8-12H2,1H3,(H,20,26)(H,22,23)/t15-/m0/s1. The van der Waals surface area contributed by atoms with Gasteiger partial charge in [-0.2, -0.15) is 0 Å². The molecule has 1 aliphatic carbocycles. The monoisotopic (exact) mass is 392 g/mol. The number of carboxylic acids is 1. The first-order chi connectivity index (χ1) is 13.4. The molecular formula is C19H24N2O7. The lowest BCUT2D eigenvalue weighted by atomic mass is 10.1. The van der Waals surface area contributed by atoms with Crippen molar-refractivity contribution >= 4 is 23.9 Å². The Hall–Kier alpha value is -3.10. The highest BCUT2D eigenvalue weighted by Gasteiger charge is 2.38. The molecule has 28 heavy (non-hydrogen) atoms. The van der Waals surface area contributed by atoms with Crippen molar-refractivity contribution in [3.05, 3.63) is 35.9 Å². The van der Waals surface area contributed by atoms with Crippen molar-refractivity contribution in [2.45, 2.75) is 44.9 Å². The maximum absolute atomic E-state index is 12.8. The highest BCUT2D eigenvalue weighted by molar-refractivity contribution is 5.91. The van der Waals surface area contributed by atoms with E-state index in [0.717, 1.165) is 5.56 Å². The number of carbonyl (C=O) groups is 4. The molecule has 1 aliphatic rings. The van der Waals surface area contributed by atoms with E-state index in [9.17, 15) is 19.2 Å². The van der Waals surface area contributed by atoms with Crippen molar-refractivity contribution in [2.24, 2.45) is 0 Å². The van der Waals surface area contributed by atoms with Crippen LogP contribution < -0.4 is 5.32 Å². The number of carbonyl (C=O) groups excluding carboxylic acids is 3. The van der Waals surface area contributed by atoms with E-state index in [0.29, 0.717) is 12.8 Å². The smallest absolute Gasteiger partial charge is 0.408 e. The lowest BCUT2D eigenvalue weighted by Gasteiger charge is -2.26. The minimum atomic E-state index is -1.34. The van der Waals surface area contributed by atoms with E-state index in [1.54, 1.807) is 31.2 Å². The molecule has 0 heterocycles. The van der Waals surface area contributed by atoms with Gasteiger partial charge in [-0.25, -0.2) is 4.79 Å². The molecule has 1 saturated carbocycles. The van der Waals surface area contributed by atoms with Crippen LogP contribution in [0.15, 0.2) is 30.3 Å². The van der Waals surface area contributed by atoms with Gasteiger partial charge in [0.2, 0.25) is 5.91 Å². The number of benzene rings is 1. The number of aliphatic carboxylic acids is 1. The average molecular weight is 392 g/mol. The van der Waals surface area contributed by atoms with Crippen LogP contribution in [0.1, 0.15) is 31.7 Å². The second-order valence-corrected chi connectivity index (χ2v) is 6.36. The van der Waals surface area contributed by atoms with Gasteiger partial charge < -0.3 is 24.8 Å². The summed E-state index contributed by atoms with van der Waals surface area (Å²) in [5, 5.41) is 11.4. The lowest BCUT2D eigenvalue weighted by Crippen LogP contribution is -2.51. The van der Waals surface area contributed by atoms with E-state index in [-0.39, 0.29) is 25.8 Å². The molecule has 2 amide bonds. The Labute approximate surface area is 162 Å². The molecule has 0 aromatic heterocycles. The molecule has 152 valence electrons. The number of nitrogens with one attached hydrogen (secondary N) is 1. The van der Waals surface area contributed by atoms with Gasteiger partial charge in [-0.05, 0) is 25.3 Å². The summed E-state index contributed by atoms with van der Waals surface area (Å²) in [6.07, 6.45) is -0.103. The second-order valence-electron chi connectivity index (χ2n) is 6.36. The zero-order valence-electron chi connectivity index (χ0n) is 15.6. The Balaban J connectivity index is 1.99. The van der Waals surface area contributed by atoms with E-state index in [4.69, 9.17) is 14.6 Å². The number of hydrogen-bond donors (Lipinski definition) is 2. The summed E-state index contributed by atoms with van der Waals surface area (Å²) in [4.78, 5) is 49.0. The summed E-state index contributed by atoms with van der Waals surface area (Å²) in [6.45, 7) is 1.52. The van der Waals surface area contributed by atoms with E-state index in [2.05, 4.69) is 5.32 Å². The van der Waals surface area contributed by atoms with Gasteiger partial charge in [-0.1, -0.05) is 30.3 Å². The Morgan fingerprint density at radius 1 is 1.18 bits per heavy atom. The number of carboxylic acid groups (broad SMARTS) is 1. The maximum Gasteiger partial charge on any atom is 0.408 e. The molecule has 1 aromatic carbocycles. The van der Waals surface area contributed by atoms with E-state index < -0.39 is 36.4 Å². The number of amides is 2. The highest BCUT2D eigenvalue weighted by Crippen LogP contribution is 2.27. The van der Waals surface area contributed by atoms with Crippen LogP contribution in [0.2, 0.25) is 0 Å². The van der Waals surface area contributed by atoms with Gasteiger partial charge in [0.25, 0.3) is 0 Å². The van der Waals surface area contributed by atoms with Crippen LogP contribution in [0.5, 0.6) is 0 Å². The molecule has 9 heteroatoms. The van der Waals surface area contributed by atoms with Crippen LogP contribution in [0.3, 0.4) is 0 Å². The zero-order chi connectivity index (χ0) is 20.5. The van der Waals surface area contributed by atoms with Crippen molar-refractivity contribution in [1.29, 1.82) is 0 Å². The van der Waals surface area contributed by atoms with Gasteiger partial charge in [-0.15, -0.1) is 0 Å². The molecule has 1 fully saturated rings. The number of alkyl carbamates (subject to hydrolysis) is 1. The van der Waals surface area contributed by atoms with Gasteiger partial charge in [0, 0.05) is 6.04 Å². The first-order valence-corrected chi connectivity index (χ1v) is 9.05. The fraction of sp³-hybridized carbons (Fsp3) is 0.474. The van der Waals surface area contributed by atoms with Crippen molar-refractivity contribution < 1.29 is 33.8 Å². The lowest BCUT2D eigenvalue weighted by molar-refractivity contribution is -0.150. The number of nitrogens with zero attached hydrogens (tertiary/aromatic N) is 1. The minimum Gasteiger partial charge on any atom is -0.481 e. The summed E-state index contributed by atoms with van der Waals surface area (Å²) < 4.78 is 9.93. The number of hydrogen-bond acceptors (Lipinski definition) is 6. The number of ether oxygens (including phenoxy) is 2. The van der Waals surface area contributed by atoms with Gasteiger partial charge in [0.15, 0.2) is 0 Å². The van der Waals surface area contributed by atoms with Crippen LogP contribution in [0.25, 0.3) is 0 Å². The van der Waals surface area contributed by atoms with Crippen molar-refractivity contribution in [2.75, 3.05) is 13.2 Å². The average Bonchev–Trinajstić information content (AvgIpc) is 3.49. The van der Waals surface area contributed by atoms with Crippen LogP contribution >= 0.6 is 0 Å². The molecule has 0 spiro atoms. The van der Waals surface area contributed by atoms with Gasteiger partial charge >= 0.3 is 18.0 Å². The van der Waals surface area contributed by atoms with Crippen LogP contribution in [0, 0.1) is 0 Å². The molecule has 1 aromatic rings. The summed E-state index contributed by atoms with van der Waals surface area (Å²) in [5.74, 6) is -2.48. The quantitative estimate of drug-likeness (QED) is 0.576. The molecule has 0 bridgehead atoms. The third-order valence-corrected chi connectivity index (χ3v) is 4.06. The van der Waals surface area contributed by atoms with Crippen molar-refractivity contribution in [3.8, 4) is 0 Å². The second kappa shape index (κ2) is 10.3. The van der Waals surface area contributed by atoms with Gasteiger partial charge in [0.1, 0.15) is 19.2 Å². The molecule has 2 rings (SSSR count). The normalized spacial score (nSPS) is 13.9. The Bertz CT molecular complexity index is 703.